The number of carboxylic acids is 1. The van der Waals surface area contributed by atoms with Crippen LogP contribution >= 0.6 is 0 Å². The van der Waals surface area contributed by atoms with Gasteiger partial charge in [-0.15, -0.1) is 0 Å². The predicted octanol–water partition coefficient (Wildman–Crippen LogP) is 1.23. The largest absolute Gasteiger partial charge is 0.493 e. The minimum Gasteiger partial charge on any atom is -0.493 e. The number of hydrogen-bond acceptors (Lipinski definition) is 4. The van der Waals surface area contributed by atoms with Gasteiger partial charge < -0.3 is 19.3 Å². The van der Waals surface area contributed by atoms with E-state index < -0.39 is 18.2 Å². The highest BCUT2D eigenvalue weighted by Crippen LogP contribution is 2.46. The van der Waals surface area contributed by atoms with E-state index in [4.69, 9.17) is 19.3 Å². The average molecular weight is 224 g/mol. The SMILES string of the molecule is COc1cccc([C@@H]2O[C@H]2C(=O)O)c1OC. The third kappa shape index (κ3) is 1.69. The lowest BCUT2D eigenvalue weighted by atomic mass is 10.1. The zero-order chi connectivity index (χ0) is 11.7. The van der Waals surface area contributed by atoms with Crippen molar-refractivity contribution in [1.82, 2.24) is 0 Å². The zero-order valence-electron chi connectivity index (χ0n) is 8.97. The van der Waals surface area contributed by atoms with Gasteiger partial charge in [0.1, 0.15) is 6.10 Å². The quantitative estimate of drug-likeness (QED) is 0.779. The molecule has 5 heteroatoms. The van der Waals surface area contributed by atoms with E-state index >= 15 is 0 Å². The highest BCUT2D eigenvalue weighted by Gasteiger charge is 2.48. The van der Waals surface area contributed by atoms with Crippen molar-refractivity contribution >= 4 is 5.97 Å². The molecule has 0 unspecified atom stereocenters. The first-order valence-electron chi connectivity index (χ1n) is 4.78. The Morgan fingerprint density at radius 1 is 1.38 bits per heavy atom. The summed E-state index contributed by atoms with van der Waals surface area (Å²) in [6.07, 6.45) is -1.22. The maximum Gasteiger partial charge on any atom is 0.335 e. The molecule has 0 aliphatic carbocycles. The molecule has 1 aromatic rings. The van der Waals surface area contributed by atoms with Crippen molar-refractivity contribution in [3.8, 4) is 11.5 Å². The molecule has 0 saturated carbocycles. The van der Waals surface area contributed by atoms with Crippen molar-refractivity contribution in [3.05, 3.63) is 23.8 Å². The molecule has 1 heterocycles. The number of hydrogen-bond donors (Lipinski definition) is 1. The van der Waals surface area contributed by atoms with Crippen LogP contribution in [-0.2, 0) is 9.53 Å². The third-order valence-electron chi connectivity index (χ3n) is 2.47. The fourth-order valence-corrected chi connectivity index (χ4v) is 1.67. The number of benzene rings is 1. The first-order chi connectivity index (χ1) is 7.69. The van der Waals surface area contributed by atoms with E-state index in [9.17, 15) is 4.79 Å². The molecule has 1 N–H and O–H groups in total. The standard InChI is InChI=1S/C11H12O5/c1-14-7-5-3-4-6(8(7)15-2)9-10(16-9)11(12)13/h3-5,9-10H,1-2H3,(H,12,13)/t9-,10+/m0/s1. The van der Waals surface area contributed by atoms with Crippen LogP contribution < -0.4 is 9.47 Å². The summed E-state index contributed by atoms with van der Waals surface area (Å²) in [4.78, 5) is 10.7. The number of ether oxygens (including phenoxy) is 3. The Morgan fingerprint density at radius 2 is 2.12 bits per heavy atom. The molecule has 0 aromatic heterocycles. The second-order valence-electron chi connectivity index (χ2n) is 3.40. The Labute approximate surface area is 92.5 Å². The average Bonchev–Trinajstić information content (AvgIpc) is 3.07. The van der Waals surface area contributed by atoms with Gasteiger partial charge in [-0.1, -0.05) is 12.1 Å². The summed E-state index contributed by atoms with van der Waals surface area (Å²) in [5, 5.41) is 8.78. The fraction of sp³-hybridized carbons (Fsp3) is 0.364. The molecule has 0 amide bonds. The summed E-state index contributed by atoms with van der Waals surface area (Å²) in [5.41, 5.74) is 0.703. The van der Waals surface area contributed by atoms with Crippen molar-refractivity contribution in [1.29, 1.82) is 0 Å². The molecule has 16 heavy (non-hydrogen) atoms. The van der Waals surface area contributed by atoms with Gasteiger partial charge in [0, 0.05) is 5.56 Å². The van der Waals surface area contributed by atoms with Gasteiger partial charge in [-0.3, -0.25) is 0 Å². The highest BCUT2D eigenvalue weighted by molar-refractivity contribution is 5.76. The summed E-state index contributed by atoms with van der Waals surface area (Å²) < 4.78 is 15.4. The van der Waals surface area contributed by atoms with Crippen LogP contribution in [0.25, 0.3) is 0 Å². The summed E-state index contributed by atoms with van der Waals surface area (Å²) in [5.74, 6) is 0.133. The molecule has 1 aliphatic rings. The van der Waals surface area contributed by atoms with Gasteiger partial charge in [-0.2, -0.15) is 0 Å². The molecule has 1 fully saturated rings. The van der Waals surface area contributed by atoms with Crippen molar-refractivity contribution in [3.63, 3.8) is 0 Å². The van der Waals surface area contributed by atoms with Crippen molar-refractivity contribution in [2.75, 3.05) is 14.2 Å². The Bertz CT molecular complexity index is 415. The van der Waals surface area contributed by atoms with Gasteiger partial charge >= 0.3 is 5.97 Å². The van der Waals surface area contributed by atoms with Crippen LogP contribution in [0.4, 0.5) is 0 Å². The minimum absolute atomic E-state index is 0.442. The first kappa shape index (κ1) is 10.8. The number of methoxy groups -OCH3 is 2. The van der Waals surface area contributed by atoms with E-state index in [0.717, 1.165) is 0 Å². The number of aliphatic carboxylic acids is 1. The molecule has 2 atom stereocenters. The van der Waals surface area contributed by atoms with E-state index in [2.05, 4.69) is 0 Å². The molecule has 0 radical (unpaired) electrons. The Hall–Kier alpha value is -1.75. The van der Waals surface area contributed by atoms with Gasteiger partial charge in [-0.25, -0.2) is 4.79 Å². The monoisotopic (exact) mass is 224 g/mol. The summed E-state index contributed by atoms with van der Waals surface area (Å²) in [6, 6.07) is 5.30. The molecule has 0 bridgehead atoms. The molecular formula is C11H12O5. The molecule has 2 rings (SSSR count). The number of rotatable bonds is 4. The molecule has 1 aliphatic heterocycles. The fourth-order valence-electron chi connectivity index (χ4n) is 1.67. The summed E-state index contributed by atoms with van der Waals surface area (Å²) in [7, 11) is 3.05. The van der Waals surface area contributed by atoms with Gasteiger partial charge in [0.2, 0.25) is 0 Å². The van der Waals surface area contributed by atoms with Crippen LogP contribution in [0, 0.1) is 0 Å². The topological polar surface area (TPSA) is 68.3 Å². The van der Waals surface area contributed by atoms with Gasteiger partial charge in [0.05, 0.1) is 14.2 Å². The van der Waals surface area contributed by atoms with Gasteiger partial charge in [0.15, 0.2) is 17.6 Å². The molecular weight excluding hydrogens is 212 g/mol. The lowest BCUT2D eigenvalue weighted by molar-refractivity contribution is -0.138. The molecule has 1 saturated heterocycles. The highest BCUT2D eigenvalue weighted by atomic mass is 16.6. The van der Waals surface area contributed by atoms with E-state index in [1.165, 1.54) is 14.2 Å². The molecule has 5 nitrogen and oxygen atoms in total. The maximum atomic E-state index is 10.7. The Morgan fingerprint density at radius 3 is 2.62 bits per heavy atom. The second kappa shape index (κ2) is 4.02. The van der Waals surface area contributed by atoms with Crippen molar-refractivity contribution in [2.24, 2.45) is 0 Å². The van der Waals surface area contributed by atoms with Crippen molar-refractivity contribution < 1.29 is 24.1 Å². The Balaban J connectivity index is 2.31. The van der Waals surface area contributed by atoms with Crippen LogP contribution in [0.1, 0.15) is 11.7 Å². The minimum atomic E-state index is -0.963. The lowest BCUT2D eigenvalue weighted by Crippen LogP contribution is -2.05. The lowest BCUT2D eigenvalue weighted by Gasteiger charge is -2.10. The normalized spacial score (nSPS) is 22.6. The van der Waals surface area contributed by atoms with Crippen LogP contribution in [0.15, 0.2) is 18.2 Å². The molecule has 0 spiro atoms. The summed E-state index contributed by atoms with van der Waals surface area (Å²) >= 11 is 0. The van der Waals surface area contributed by atoms with Crippen LogP contribution in [-0.4, -0.2) is 31.4 Å². The number of epoxide rings is 1. The zero-order valence-corrected chi connectivity index (χ0v) is 8.97. The Kier molecular flexibility index (Phi) is 2.70. The second-order valence-corrected chi connectivity index (χ2v) is 3.40. The molecule has 86 valence electrons. The van der Waals surface area contributed by atoms with Gasteiger partial charge in [0.25, 0.3) is 0 Å². The first-order valence-corrected chi connectivity index (χ1v) is 4.78. The van der Waals surface area contributed by atoms with Crippen molar-refractivity contribution in [2.45, 2.75) is 12.2 Å². The third-order valence-corrected chi connectivity index (χ3v) is 2.47. The van der Waals surface area contributed by atoms with Gasteiger partial charge in [-0.05, 0) is 6.07 Å². The van der Waals surface area contributed by atoms with Crippen LogP contribution in [0.5, 0.6) is 11.5 Å². The predicted molar refractivity (Wildman–Crippen MR) is 54.8 cm³/mol. The molecule has 1 aromatic carbocycles. The van der Waals surface area contributed by atoms with E-state index in [-0.39, 0.29) is 0 Å². The van der Waals surface area contributed by atoms with Crippen LogP contribution in [0.3, 0.4) is 0 Å². The summed E-state index contributed by atoms with van der Waals surface area (Å²) in [6.45, 7) is 0. The smallest absolute Gasteiger partial charge is 0.335 e. The number of carbonyl (C=O) groups is 1. The number of carboxylic acid groups (broad SMARTS) is 1. The van der Waals surface area contributed by atoms with E-state index in [1.807, 2.05) is 0 Å². The van der Waals surface area contributed by atoms with Crippen LogP contribution in [0.2, 0.25) is 0 Å². The maximum absolute atomic E-state index is 10.7. The number of para-hydroxylation sites is 1. The van der Waals surface area contributed by atoms with E-state index in [0.29, 0.717) is 17.1 Å². The van der Waals surface area contributed by atoms with E-state index in [1.54, 1.807) is 18.2 Å².